The van der Waals surface area contributed by atoms with Gasteiger partial charge in [0.25, 0.3) is 5.91 Å². The summed E-state index contributed by atoms with van der Waals surface area (Å²) in [5.74, 6) is -1.39. The molecule has 1 aromatic rings. The quantitative estimate of drug-likeness (QED) is 0.788. The number of carbonyl (C=O) groups excluding carboxylic acids is 1. The first-order valence-electron chi connectivity index (χ1n) is 4.26. The predicted molar refractivity (Wildman–Crippen MR) is 55.9 cm³/mol. The Labute approximate surface area is 100 Å². The molecule has 1 unspecified atom stereocenters. The van der Waals surface area contributed by atoms with Crippen molar-refractivity contribution in [1.29, 1.82) is 0 Å². The first kappa shape index (κ1) is 11.6. The van der Waals surface area contributed by atoms with Crippen LogP contribution in [0.2, 0.25) is 10.0 Å². The molecule has 16 heavy (non-hydrogen) atoms. The van der Waals surface area contributed by atoms with Gasteiger partial charge in [0, 0.05) is 5.69 Å². The number of anilines is 1. The van der Waals surface area contributed by atoms with Gasteiger partial charge < -0.3 is 9.84 Å². The highest BCUT2D eigenvalue weighted by Crippen LogP contribution is 2.30. The highest BCUT2D eigenvalue weighted by atomic mass is 35.5. The molecule has 1 fully saturated rings. The second kappa shape index (κ2) is 4.18. The normalized spacial score (nSPS) is 20.6. The van der Waals surface area contributed by atoms with Crippen LogP contribution < -0.4 is 4.90 Å². The van der Waals surface area contributed by atoms with E-state index in [1.165, 1.54) is 12.1 Å². The molecule has 0 saturated carbocycles. The number of benzene rings is 1. The van der Waals surface area contributed by atoms with Gasteiger partial charge >= 0.3 is 0 Å². The summed E-state index contributed by atoms with van der Waals surface area (Å²) in [7, 11) is 0. The number of nitrogens with zero attached hydrogens (tertiary/aromatic N) is 1. The van der Waals surface area contributed by atoms with Crippen LogP contribution in [0.3, 0.4) is 0 Å². The highest BCUT2D eigenvalue weighted by molar-refractivity contribution is 6.35. The molecule has 2 rings (SSSR count). The van der Waals surface area contributed by atoms with Crippen molar-refractivity contribution in [3.8, 4) is 0 Å². The Balaban J connectivity index is 2.39. The zero-order chi connectivity index (χ0) is 11.9. The van der Waals surface area contributed by atoms with E-state index in [9.17, 15) is 9.18 Å². The third kappa shape index (κ3) is 1.87. The van der Waals surface area contributed by atoms with Crippen molar-refractivity contribution in [2.45, 2.75) is 6.29 Å². The van der Waals surface area contributed by atoms with Gasteiger partial charge in [0.1, 0.15) is 6.73 Å². The molecule has 1 aliphatic heterocycles. The van der Waals surface area contributed by atoms with Gasteiger partial charge in [-0.05, 0) is 12.1 Å². The van der Waals surface area contributed by atoms with Crippen molar-refractivity contribution in [3.63, 3.8) is 0 Å². The lowest BCUT2D eigenvalue weighted by atomic mass is 10.3. The number of hydrogen-bond acceptors (Lipinski definition) is 3. The number of halogens is 3. The Morgan fingerprint density at radius 2 is 2.00 bits per heavy atom. The number of carbonyl (C=O) groups is 1. The lowest BCUT2D eigenvalue weighted by Crippen LogP contribution is -2.29. The van der Waals surface area contributed by atoms with Gasteiger partial charge in [0.2, 0.25) is 6.29 Å². The van der Waals surface area contributed by atoms with E-state index in [1.807, 2.05) is 0 Å². The Hall–Kier alpha value is -0.880. The molecule has 7 heteroatoms. The van der Waals surface area contributed by atoms with Crippen LogP contribution in [0.5, 0.6) is 0 Å². The van der Waals surface area contributed by atoms with E-state index < -0.39 is 18.0 Å². The molecule has 1 aromatic carbocycles. The van der Waals surface area contributed by atoms with Crippen LogP contribution in [0.4, 0.5) is 10.1 Å². The molecule has 0 aromatic heterocycles. The van der Waals surface area contributed by atoms with Gasteiger partial charge in [-0.15, -0.1) is 0 Å². The number of hydrogen-bond donors (Lipinski definition) is 1. The van der Waals surface area contributed by atoms with Crippen molar-refractivity contribution >= 4 is 34.8 Å². The van der Waals surface area contributed by atoms with E-state index in [0.29, 0.717) is 0 Å². The minimum Gasteiger partial charge on any atom is -0.360 e. The molecule has 1 atom stereocenters. The molecule has 1 amide bonds. The number of amides is 1. The minimum absolute atomic E-state index is 0.127. The first-order chi connectivity index (χ1) is 7.50. The van der Waals surface area contributed by atoms with Crippen LogP contribution in [0, 0.1) is 5.82 Å². The number of ether oxygens (including phenoxy) is 1. The van der Waals surface area contributed by atoms with Crippen LogP contribution >= 0.6 is 23.2 Å². The van der Waals surface area contributed by atoms with E-state index in [2.05, 4.69) is 0 Å². The lowest BCUT2D eigenvalue weighted by Gasteiger charge is -2.14. The maximum absolute atomic E-state index is 13.1. The van der Waals surface area contributed by atoms with Crippen LogP contribution in [0.15, 0.2) is 12.1 Å². The average molecular weight is 266 g/mol. The Kier molecular flexibility index (Phi) is 3.03. The lowest BCUT2D eigenvalue weighted by molar-refractivity contribution is -0.139. The summed E-state index contributed by atoms with van der Waals surface area (Å²) in [6.07, 6.45) is -1.50. The van der Waals surface area contributed by atoms with Crippen molar-refractivity contribution < 1.29 is 19.0 Å². The molecule has 1 heterocycles. The second-order valence-corrected chi connectivity index (χ2v) is 3.95. The summed E-state index contributed by atoms with van der Waals surface area (Å²) in [5, 5.41) is 8.67. The van der Waals surface area contributed by atoms with E-state index in [1.54, 1.807) is 0 Å². The number of aliphatic hydroxyl groups is 1. The van der Waals surface area contributed by atoms with Crippen LogP contribution in [0.25, 0.3) is 0 Å². The van der Waals surface area contributed by atoms with Gasteiger partial charge in [-0.2, -0.15) is 0 Å². The summed E-state index contributed by atoms with van der Waals surface area (Å²) in [6.45, 7) is -0.127. The molecule has 1 N–H and O–H groups in total. The largest absolute Gasteiger partial charge is 0.360 e. The molecule has 0 aliphatic carbocycles. The Morgan fingerprint density at radius 1 is 1.44 bits per heavy atom. The van der Waals surface area contributed by atoms with Crippen LogP contribution in [-0.4, -0.2) is 24.0 Å². The Morgan fingerprint density at radius 3 is 2.44 bits per heavy atom. The van der Waals surface area contributed by atoms with Gasteiger partial charge in [-0.1, -0.05) is 23.2 Å². The summed E-state index contributed by atoms with van der Waals surface area (Å²) < 4.78 is 17.8. The van der Waals surface area contributed by atoms with E-state index in [0.717, 1.165) is 4.90 Å². The fourth-order valence-corrected chi connectivity index (χ4v) is 1.79. The highest BCUT2D eigenvalue weighted by Gasteiger charge is 2.32. The molecule has 86 valence electrons. The monoisotopic (exact) mass is 265 g/mol. The maximum atomic E-state index is 13.1. The molecular weight excluding hydrogens is 260 g/mol. The summed E-state index contributed by atoms with van der Waals surface area (Å²) in [6, 6.07) is 2.48. The van der Waals surface area contributed by atoms with E-state index >= 15 is 0 Å². The molecular formula is C9H6Cl2FNO3. The van der Waals surface area contributed by atoms with E-state index in [4.69, 9.17) is 33.0 Å². The third-order valence-corrected chi connectivity index (χ3v) is 2.67. The molecule has 4 nitrogen and oxygen atoms in total. The van der Waals surface area contributed by atoms with Crippen molar-refractivity contribution in [3.05, 3.63) is 28.0 Å². The van der Waals surface area contributed by atoms with Crippen LogP contribution in [0.1, 0.15) is 0 Å². The smallest absolute Gasteiger partial charge is 0.285 e. The van der Waals surface area contributed by atoms with Gasteiger partial charge in [0.05, 0.1) is 10.0 Å². The maximum Gasteiger partial charge on any atom is 0.285 e. The molecule has 0 spiro atoms. The van der Waals surface area contributed by atoms with Crippen molar-refractivity contribution in [1.82, 2.24) is 0 Å². The van der Waals surface area contributed by atoms with E-state index in [-0.39, 0.29) is 22.5 Å². The standard InChI is InChI=1S/C9H6Cl2FNO3/c10-5-1-4(2-6(11)7(5)12)13-3-16-9(15)8(13)14/h1-2,9,15H,3H2. The average Bonchev–Trinajstić information content (AvgIpc) is 2.56. The van der Waals surface area contributed by atoms with Crippen molar-refractivity contribution in [2.24, 2.45) is 0 Å². The van der Waals surface area contributed by atoms with Crippen molar-refractivity contribution in [2.75, 3.05) is 11.6 Å². The van der Waals surface area contributed by atoms with Crippen LogP contribution in [-0.2, 0) is 9.53 Å². The molecule has 0 radical (unpaired) electrons. The fraction of sp³-hybridized carbons (Fsp3) is 0.222. The zero-order valence-electron chi connectivity index (χ0n) is 7.78. The minimum atomic E-state index is -1.50. The number of aliphatic hydroxyl groups excluding tert-OH is 1. The third-order valence-electron chi connectivity index (χ3n) is 2.12. The molecule has 1 aliphatic rings. The molecule has 1 saturated heterocycles. The zero-order valence-corrected chi connectivity index (χ0v) is 9.30. The fourth-order valence-electron chi connectivity index (χ4n) is 1.31. The first-order valence-corrected chi connectivity index (χ1v) is 5.02. The predicted octanol–water partition coefficient (Wildman–Crippen LogP) is 1.77. The second-order valence-electron chi connectivity index (χ2n) is 3.14. The Bertz CT molecular complexity index is 431. The summed E-state index contributed by atoms with van der Waals surface area (Å²) >= 11 is 11.2. The SMILES string of the molecule is O=C1C(O)OCN1c1cc(Cl)c(F)c(Cl)c1. The van der Waals surface area contributed by atoms with Gasteiger partial charge in [-0.3, -0.25) is 9.69 Å². The number of rotatable bonds is 1. The topological polar surface area (TPSA) is 49.8 Å². The molecule has 0 bridgehead atoms. The summed E-state index contributed by atoms with van der Waals surface area (Å²) in [5.41, 5.74) is 0.276. The van der Waals surface area contributed by atoms with Gasteiger partial charge in [-0.25, -0.2) is 4.39 Å². The van der Waals surface area contributed by atoms with Gasteiger partial charge in [0.15, 0.2) is 5.82 Å². The summed E-state index contributed by atoms with van der Waals surface area (Å²) in [4.78, 5) is 12.5.